The maximum atomic E-state index is 14.2. The van der Waals surface area contributed by atoms with E-state index in [1.807, 2.05) is 0 Å². The van der Waals surface area contributed by atoms with E-state index in [0.717, 1.165) is 18.0 Å². The Labute approximate surface area is 182 Å². The molecular weight excluding hydrogens is 449 g/mol. The fraction of sp³-hybridized carbons (Fsp3) is 0.286. The lowest BCUT2D eigenvalue weighted by atomic mass is 9.92. The van der Waals surface area contributed by atoms with Crippen molar-refractivity contribution < 1.29 is 36.2 Å². The number of carboxylic acids is 1. The Morgan fingerprint density at radius 2 is 1.78 bits per heavy atom. The van der Waals surface area contributed by atoms with Crippen LogP contribution in [0.15, 0.2) is 54.7 Å². The predicted molar refractivity (Wildman–Crippen MR) is 113 cm³/mol. The van der Waals surface area contributed by atoms with Crippen molar-refractivity contribution in [3.63, 3.8) is 0 Å². The summed E-state index contributed by atoms with van der Waals surface area (Å²) in [5.74, 6) is -2.22. The number of halogens is 3. The van der Waals surface area contributed by atoms with Crippen LogP contribution in [0.25, 0.3) is 10.9 Å². The number of benzene rings is 2. The molecule has 1 heterocycles. The van der Waals surface area contributed by atoms with Gasteiger partial charge in [0, 0.05) is 30.3 Å². The molecule has 1 atom stereocenters. The van der Waals surface area contributed by atoms with Crippen LogP contribution in [-0.2, 0) is 31.7 Å². The van der Waals surface area contributed by atoms with Gasteiger partial charge in [-0.05, 0) is 18.6 Å². The number of nitrogens with zero attached hydrogens (tertiary/aromatic N) is 1. The molecule has 0 aliphatic carbocycles. The number of ether oxygens (including phenoxy) is 1. The molecule has 0 aliphatic rings. The van der Waals surface area contributed by atoms with Crippen LogP contribution in [0.4, 0.5) is 18.9 Å². The maximum absolute atomic E-state index is 14.2. The van der Waals surface area contributed by atoms with Crippen molar-refractivity contribution in [2.45, 2.75) is 25.2 Å². The minimum absolute atomic E-state index is 0.0187. The molecule has 11 heteroatoms. The monoisotopic (exact) mass is 470 g/mol. The van der Waals surface area contributed by atoms with Crippen molar-refractivity contribution in [2.75, 3.05) is 17.6 Å². The van der Waals surface area contributed by atoms with E-state index < -0.39 is 39.9 Å². The summed E-state index contributed by atoms with van der Waals surface area (Å²) in [5, 5.41) is 9.60. The number of fused-ring (bicyclic) bond motifs is 1. The molecule has 0 amide bonds. The van der Waals surface area contributed by atoms with Crippen LogP contribution in [-0.4, -0.2) is 43.1 Å². The number of alkyl halides is 3. The number of aliphatic carboxylic acids is 1. The predicted octanol–water partition coefficient (Wildman–Crippen LogP) is 3.94. The Bertz CT molecular complexity index is 1240. The highest BCUT2D eigenvalue weighted by Gasteiger charge is 2.64. The number of hydrogen-bond acceptors (Lipinski definition) is 4. The Kier molecular flexibility index (Phi) is 6.25. The first kappa shape index (κ1) is 23.6. The standard InChI is InChI=1S/C21H21F3N2O5S/c1-3-31-20(19(27)28,21(22,23)24)16-13-26(12-14-8-5-4-6-9-14)18-15(16)10-7-11-17(18)25-32(2,29)30/h4-11,13,25H,3,12H2,1-2H3,(H,27,28). The zero-order chi connectivity index (χ0) is 23.7. The Balaban J connectivity index is 2.39. The largest absolute Gasteiger partial charge is 0.479 e. The topological polar surface area (TPSA) is 97.6 Å². The number of sulfonamides is 1. The number of rotatable bonds is 8. The highest BCUT2D eigenvalue weighted by Crippen LogP contribution is 2.46. The maximum Gasteiger partial charge on any atom is 0.432 e. The molecular formula is C21H21F3N2O5S. The molecule has 0 radical (unpaired) electrons. The minimum atomic E-state index is -5.29. The molecule has 3 rings (SSSR count). The van der Waals surface area contributed by atoms with Gasteiger partial charge in [-0.25, -0.2) is 13.2 Å². The van der Waals surface area contributed by atoms with Gasteiger partial charge in [0.1, 0.15) is 0 Å². The van der Waals surface area contributed by atoms with Crippen molar-refractivity contribution in [1.82, 2.24) is 4.57 Å². The second-order valence-electron chi connectivity index (χ2n) is 7.15. The van der Waals surface area contributed by atoms with Crippen LogP contribution in [0, 0.1) is 0 Å². The number of anilines is 1. The van der Waals surface area contributed by atoms with Crippen molar-refractivity contribution in [3.05, 3.63) is 65.9 Å². The zero-order valence-electron chi connectivity index (χ0n) is 17.2. The van der Waals surface area contributed by atoms with Gasteiger partial charge in [-0.1, -0.05) is 42.5 Å². The zero-order valence-corrected chi connectivity index (χ0v) is 18.0. The molecule has 1 unspecified atom stereocenters. The SMILES string of the molecule is CCOC(C(=O)O)(c1cn(Cc2ccccc2)c2c(NS(C)(=O)=O)cccc12)C(F)(F)F. The molecule has 2 N–H and O–H groups in total. The second kappa shape index (κ2) is 8.47. The first-order chi connectivity index (χ1) is 14.9. The van der Waals surface area contributed by atoms with Crippen LogP contribution in [0.5, 0.6) is 0 Å². The highest BCUT2D eigenvalue weighted by molar-refractivity contribution is 7.92. The van der Waals surface area contributed by atoms with E-state index in [-0.39, 0.29) is 23.1 Å². The Hall–Kier alpha value is -3.05. The van der Waals surface area contributed by atoms with Gasteiger partial charge in [0.05, 0.1) is 17.5 Å². The summed E-state index contributed by atoms with van der Waals surface area (Å²) in [6, 6.07) is 12.8. The van der Waals surface area contributed by atoms with Crippen LogP contribution >= 0.6 is 0 Å². The summed E-state index contributed by atoms with van der Waals surface area (Å²) in [5.41, 5.74) is -3.43. The third-order valence-corrected chi connectivity index (χ3v) is 5.42. The van der Waals surface area contributed by atoms with Gasteiger partial charge in [0.15, 0.2) is 0 Å². The number of hydrogen-bond donors (Lipinski definition) is 2. The number of carbonyl (C=O) groups is 1. The highest BCUT2D eigenvalue weighted by atomic mass is 32.2. The normalized spacial score (nSPS) is 14.3. The van der Waals surface area contributed by atoms with Gasteiger partial charge < -0.3 is 14.4 Å². The minimum Gasteiger partial charge on any atom is -0.479 e. The molecule has 0 fully saturated rings. The van der Waals surface area contributed by atoms with E-state index in [1.54, 1.807) is 30.3 Å². The van der Waals surface area contributed by atoms with E-state index in [1.165, 1.54) is 29.7 Å². The number of nitrogens with one attached hydrogen (secondary N) is 1. The first-order valence-electron chi connectivity index (χ1n) is 9.49. The molecule has 0 aliphatic heterocycles. The Morgan fingerprint density at radius 3 is 2.31 bits per heavy atom. The van der Waals surface area contributed by atoms with Gasteiger partial charge >= 0.3 is 12.1 Å². The quantitative estimate of drug-likeness (QED) is 0.520. The summed E-state index contributed by atoms with van der Waals surface area (Å²) in [6.45, 7) is 0.821. The number of para-hydroxylation sites is 1. The second-order valence-corrected chi connectivity index (χ2v) is 8.90. The van der Waals surface area contributed by atoms with E-state index in [9.17, 15) is 31.5 Å². The number of aromatic nitrogens is 1. The third-order valence-electron chi connectivity index (χ3n) is 4.83. The summed E-state index contributed by atoms with van der Waals surface area (Å²) in [7, 11) is -3.77. The molecule has 0 saturated carbocycles. The van der Waals surface area contributed by atoms with Crippen molar-refractivity contribution >= 4 is 32.6 Å². The molecule has 0 spiro atoms. The van der Waals surface area contributed by atoms with E-state index >= 15 is 0 Å². The molecule has 0 bridgehead atoms. The molecule has 2 aromatic carbocycles. The van der Waals surface area contributed by atoms with Gasteiger partial charge in [-0.15, -0.1) is 0 Å². The van der Waals surface area contributed by atoms with Gasteiger partial charge in [0.25, 0.3) is 5.60 Å². The van der Waals surface area contributed by atoms with Crippen molar-refractivity contribution in [2.24, 2.45) is 0 Å². The average molecular weight is 470 g/mol. The lowest BCUT2D eigenvalue weighted by molar-refractivity contribution is -0.279. The van der Waals surface area contributed by atoms with E-state index in [2.05, 4.69) is 4.72 Å². The average Bonchev–Trinajstić information content (AvgIpc) is 3.04. The Morgan fingerprint density at radius 1 is 1.12 bits per heavy atom. The lowest BCUT2D eigenvalue weighted by Gasteiger charge is -2.31. The molecule has 0 saturated heterocycles. The summed E-state index contributed by atoms with van der Waals surface area (Å²) in [6.07, 6.45) is -3.32. The lowest BCUT2D eigenvalue weighted by Crippen LogP contribution is -2.51. The van der Waals surface area contributed by atoms with Gasteiger partial charge in [-0.2, -0.15) is 13.2 Å². The molecule has 32 heavy (non-hydrogen) atoms. The van der Waals surface area contributed by atoms with Crippen LogP contribution in [0.3, 0.4) is 0 Å². The summed E-state index contributed by atoms with van der Waals surface area (Å²) < 4.78 is 74.9. The van der Waals surface area contributed by atoms with E-state index in [0.29, 0.717) is 0 Å². The first-order valence-corrected chi connectivity index (χ1v) is 11.4. The van der Waals surface area contributed by atoms with Crippen LogP contribution in [0.2, 0.25) is 0 Å². The van der Waals surface area contributed by atoms with Gasteiger partial charge in [0.2, 0.25) is 10.0 Å². The summed E-state index contributed by atoms with van der Waals surface area (Å²) in [4.78, 5) is 12.0. The molecule has 172 valence electrons. The number of carboxylic acid groups (broad SMARTS) is 1. The van der Waals surface area contributed by atoms with Crippen molar-refractivity contribution in [1.29, 1.82) is 0 Å². The van der Waals surface area contributed by atoms with Gasteiger partial charge in [-0.3, -0.25) is 4.72 Å². The molecule has 7 nitrogen and oxygen atoms in total. The van der Waals surface area contributed by atoms with Crippen molar-refractivity contribution in [3.8, 4) is 0 Å². The molecule has 3 aromatic rings. The van der Waals surface area contributed by atoms with Crippen LogP contribution in [0.1, 0.15) is 18.1 Å². The van der Waals surface area contributed by atoms with E-state index in [4.69, 9.17) is 4.74 Å². The fourth-order valence-corrected chi connectivity index (χ4v) is 4.22. The third kappa shape index (κ3) is 4.30. The van der Waals surface area contributed by atoms with Crippen LogP contribution < -0.4 is 4.72 Å². The smallest absolute Gasteiger partial charge is 0.432 e. The summed E-state index contributed by atoms with van der Waals surface area (Å²) >= 11 is 0. The fourth-order valence-electron chi connectivity index (χ4n) is 3.65. The molecule has 1 aromatic heterocycles.